The lowest BCUT2D eigenvalue weighted by atomic mass is 9.94. The summed E-state index contributed by atoms with van der Waals surface area (Å²) in [6.45, 7) is 4.06. The molecule has 6 heteroatoms. The second-order valence-corrected chi connectivity index (χ2v) is 9.05. The zero-order valence-corrected chi connectivity index (χ0v) is 17.2. The van der Waals surface area contributed by atoms with Crippen LogP contribution in [0.4, 0.5) is 4.39 Å². The molecular formula is C22H26FNO3S. The SMILES string of the molecule is CC(C1CC(c2ccc(-c3ccc(CCO)cc3)c(F)c2)=NO1)C(C)[S+](C)[O-]. The molecule has 0 bridgehead atoms. The van der Waals surface area contributed by atoms with Gasteiger partial charge in [-0.2, -0.15) is 0 Å². The van der Waals surface area contributed by atoms with Gasteiger partial charge in [0, 0.05) is 30.1 Å². The molecule has 2 aromatic rings. The fourth-order valence-electron chi connectivity index (χ4n) is 3.36. The van der Waals surface area contributed by atoms with E-state index in [-0.39, 0.29) is 29.7 Å². The number of aliphatic hydroxyl groups excluding tert-OH is 1. The highest BCUT2D eigenvalue weighted by molar-refractivity contribution is 7.91. The van der Waals surface area contributed by atoms with Crippen molar-refractivity contribution in [3.8, 4) is 11.1 Å². The Kier molecular flexibility index (Phi) is 6.75. The van der Waals surface area contributed by atoms with Crippen LogP contribution in [0.5, 0.6) is 0 Å². The standard InChI is InChI=1S/C22H26FNO3S/c1-14(15(2)28(3)26)22-13-21(24-27-22)18-8-9-19(20(23)12-18)17-6-4-16(5-7-17)10-11-25/h4-9,12,14-15,22,25H,10-11,13H2,1-3H3. The van der Waals surface area contributed by atoms with E-state index in [2.05, 4.69) is 5.16 Å². The average molecular weight is 404 g/mol. The van der Waals surface area contributed by atoms with Gasteiger partial charge in [0.2, 0.25) is 0 Å². The van der Waals surface area contributed by atoms with Crippen molar-refractivity contribution >= 4 is 16.9 Å². The van der Waals surface area contributed by atoms with E-state index in [1.165, 1.54) is 6.07 Å². The molecule has 1 aliphatic rings. The third-order valence-corrected chi connectivity index (χ3v) is 6.99. The van der Waals surface area contributed by atoms with Crippen LogP contribution in [0.3, 0.4) is 0 Å². The molecule has 4 atom stereocenters. The lowest BCUT2D eigenvalue weighted by Gasteiger charge is -2.24. The summed E-state index contributed by atoms with van der Waals surface area (Å²) in [6.07, 6.45) is 2.72. The van der Waals surface area contributed by atoms with Crippen molar-refractivity contribution in [3.63, 3.8) is 0 Å². The Morgan fingerprint density at radius 1 is 1.21 bits per heavy atom. The van der Waals surface area contributed by atoms with Gasteiger partial charge in [-0.3, -0.25) is 0 Å². The topological polar surface area (TPSA) is 64.9 Å². The molecule has 4 nitrogen and oxygen atoms in total. The maximum Gasteiger partial charge on any atom is 0.140 e. The highest BCUT2D eigenvalue weighted by Crippen LogP contribution is 2.29. The van der Waals surface area contributed by atoms with Crippen molar-refractivity contribution in [1.29, 1.82) is 0 Å². The van der Waals surface area contributed by atoms with E-state index >= 15 is 0 Å². The number of oxime groups is 1. The smallest absolute Gasteiger partial charge is 0.140 e. The summed E-state index contributed by atoms with van der Waals surface area (Å²) in [5.74, 6) is -0.219. The van der Waals surface area contributed by atoms with Crippen molar-refractivity contribution in [3.05, 3.63) is 59.4 Å². The fourth-order valence-corrected chi connectivity index (χ4v) is 4.14. The van der Waals surface area contributed by atoms with Gasteiger partial charge in [0.15, 0.2) is 0 Å². The lowest BCUT2D eigenvalue weighted by Crippen LogP contribution is -2.33. The first-order chi connectivity index (χ1) is 13.4. The molecule has 28 heavy (non-hydrogen) atoms. The number of hydrogen-bond acceptors (Lipinski definition) is 4. The molecule has 1 heterocycles. The van der Waals surface area contributed by atoms with Gasteiger partial charge in [0.25, 0.3) is 0 Å². The number of hydrogen-bond donors (Lipinski definition) is 1. The number of nitrogens with zero attached hydrogens (tertiary/aromatic N) is 1. The highest BCUT2D eigenvalue weighted by atomic mass is 32.2. The minimum atomic E-state index is -0.928. The summed E-state index contributed by atoms with van der Waals surface area (Å²) in [6, 6.07) is 12.6. The predicted octanol–water partition coefficient (Wildman–Crippen LogP) is 3.92. The van der Waals surface area contributed by atoms with Gasteiger partial charge in [-0.15, -0.1) is 0 Å². The number of benzene rings is 2. The Bertz CT molecular complexity index is 838. The lowest BCUT2D eigenvalue weighted by molar-refractivity contribution is 0.0461. The van der Waals surface area contributed by atoms with E-state index in [4.69, 9.17) is 9.94 Å². The zero-order valence-electron chi connectivity index (χ0n) is 16.4. The zero-order chi connectivity index (χ0) is 20.3. The maximum atomic E-state index is 14.8. The van der Waals surface area contributed by atoms with Crippen LogP contribution in [0.1, 0.15) is 31.4 Å². The molecule has 2 aromatic carbocycles. The molecule has 0 saturated heterocycles. The fraction of sp³-hybridized carbons (Fsp3) is 0.409. The molecular weight excluding hydrogens is 377 g/mol. The minimum Gasteiger partial charge on any atom is -0.616 e. The average Bonchev–Trinajstić information content (AvgIpc) is 3.18. The van der Waals surface area contributed by atoms with Crippen molar-refractivity contribution in [1.82, 2.24) is 0 Å². The van der Waals surface area contributed by atoms with Crippen LogP contribution in [0.15, 0.2) is 47.6 Å². The maximum absolute atomic E-state index is 14.8. The molecule has 3 rings (SSSR count). The van der Waals surface area contributed by atoms with Crippen LogP contribution in [0.2, 0.25) is 0 Å². The van der Waals surface area contributed by atoms with Crippen molar-refractivity contribution in [2.45, 2.75) is 38.0 Å². The molecule has 1 aliphatic heterocycles. The van der Waals surface area contributed by atoms with Gasteiger partial charge < -0.3 is 14.5 Å². The Labute approximate surface area is 168 Å². The van der Waals surface area contributed by atoms with Crippen LogP contribution < -0.4 is 0 Å². The molecule has 1 N–H and O–H groups in total. The van der Waals surface area contributed by atoms with Gasteiger partial charge in [-0.25, -0.2) is 4.39 Å². The second-order valence-electron chi connectivity index (χ2n) is 7.31. The van der Waals surface area contributed by atoms with Crippen molar-refractivity contribution in [2.24, 2.45) is 11.1 Å². The van der Waals surface area contributed by atoms with Gasteiger partial charge in [-0.1, -0.05) is 59.7 Å². The Hall–Kier alpha value is -1.89. The highest BCUT2D eigenvalue weighted by Gasteiger charge is 2.34. The van der Waals surface area contributed by atoms with Crippen LogP contribution in [0.25, 0.3) is 11.1 Å². The molecule has 0 spiro atoms. The summed E-state index contributed by atoms with van der Waals surface area (Å²) in [7, 11) is 0. The first kappa shape index (κ1) is 20.8. The molecule has 0 saturated carbocycles. The normalized spacial score (nSPS) is 19.6. The Balaban J connectivity index is 1.72. The summed E-state index contributed by atoms with van der Waals surface area (Å²) in [5.41, 5.74) is 3.76. The van der Waals surface area contributed by atoms with E-state index < -0.39 is 11.2 Å². The summed E-state index contributed by atoms with van der Waals surface area (Å²) in [5, 5.41) is 13.2. The monoisotopic (exact) mass is 403 g/mol. The van der Waals surface area contributed by atoms with E-state index in [0.717, 1.165) is 16.8 Å². The van der Waals surface area contributed by atoms with E-state index in [0.29, 0.717) is 24.0 Å². The quantitative estimate of drug-likeness (QED) is 0.713. The molecule has 150 valence electrons. The molecule has 0 aromatic heterocycles. The van der Waals surface area contributed by atoms with Crippen LogP contribution in [0, 0.1) is 11.7 Å². The van der Waals surface area contributed by atoms with Crippen LogP contribution in [-0.2, 0) is 22.4 Å². The third kappa shape index (κ3) is 4.57. The number of aliphatic hydroxyl groups is 1. The minimum absolute atomic E-state index is 0.00691. The molecule has 0 aliphatic carbocycles. The predicted molar refractivity (Wildman–Crippen MR) is 111 cm³/mol. The van der Waals surface area contributed by atoms with E-state index in [1.807, 2.05) is 44.2 Å². The summed E-state index contributed by atoms with van der Waals surface area (Å²) < 4.78 is 26.5. The summed E-state index contributed by atoms with van der Waals surface area (Å²) in [4.78, 5) is 5.55. The van der Waals surface area contributed by atoms with Gasteiger partial charge in [0.1, 0.15) is 17.2 Å². The Morgan fingerprint density at radius 3 is 2.50 bits per heavy atom. The van der Waals surface area contributed by atoms with Gasteiger partial charge >= 0.3 is 0 Å². The van der Waals surface area contributed by atoms with Gasteiger partial charge in [0.05, 0.1) is 12.0 Å². The molecule has 0 radical (unpaired) electrons. The summed E-state index contributed by atoms with van der Waals surface area (Å²) >= 11 is -0.928. The first-order valence-electron chi connectivity index (χ1n) is 9.45. The van der Waals surface area contributed by atoms with Crippen LogP contribution >= 0.6 is 0 Å². The second kappa shape index (κ2) is 9.07. The largest absolute Gasteiger partial charge is 0.616 e. The number of halogens is 1. The third-order valence-electron chi connectivity index (χ3n) is 5.51. The Morgan fingerprint density at radius 2 is 1.89 bits per heavy atom. The van der Waals surface area contributed by atoms with Crippen LogP contribution in [-0.4, -0.2) is 39.6 Å². The van der Waals surface area contributed by atoms with E-state index in [9.17, 15) is 8.94 Å². The van der Waals surface area contributed by atoms with E-state index in [1.54, 1.807) is 12.3 Å². The number of rotatable bonds is 7. The first-order valence-corrected chi connectivity index (χ1v) is 11.1. The van der Waals surface area contributed by atoms with Crippen molar-refractivity contribution < 1.29 is 18.9 Å². The molecule has 0 fully saturated rings. The van der Waals surface area contributed by atoms with Crippen molar-refractivity contribution in [2.75, 3.05) is 12.9 Å². The molecule has 0 amide bonds. The van der Waals surface area contributed by atoms with Gasteiger partial charge in [-0.05, 0) is 30.5 Å². The molecule has 4 unspecified atom stereocenters.